The number of nitrogens with one attached hydrogen (secondary N) is 1. The minimum absolute atomic E-state index is 0.0898. The Balaban J connectivity index is 1.77. The minimum atomic E-state index is -0.211. The molecule has 0 radical (unpaired) electrons. The predicted octanol–water partition coefficient (Wildman–Crippen LogP) is 4.85. The minimum Gasteiger partial charge on any atom is -0.378 e. The third kappa shape index (κ3) is 2.37. The maximum Gasteiger partial charge on any atom is 0.159 e. The van der Waals surface area contributed by atoms with Crippen LogP contribution in [0.25, 0.3) is 0 Å². The number of anilines is 1. The highest BCUT2D eigenvalue weighted by atomic mass is 19.1. The van der Waals surface area contributed by atoms with Gasteiger partial charge in [0.2, 0.25) is 0 Å². The number of benzene rings is 2. The van der Waals surface area contributed by atoms with Crippen LogP contribution in [-0.4, -0.2) is 5.78 Å². The van der Waals surface area contributed by atoms with Crippen molar-refractivity contribution >= 4 is 11.5 Å². The summed E-state index contributed by atoms with van der Waals surface area (Å²) in [4.78, 5) is 11.7. The van der Waals surface area contributed by atoms with Gasteiger partial charge in [0.05, 0.1) is 6.04 Å². The number of carbonyl (C=O) groups is 1. The number of allylic oxidation sites excluding steroid dienone is 2. The van der Waals surface area contributed by atoms with Crippen molar-refractivity contribution in [3.63, 3.8) is 0 Å². The van der Waals surface area contributed by atoms with E-state index in [1.807, 2.05) is 30.3 Å². The van der Waals surface area contributed by atoms with Gasteiger partial charge >= 0.3 is 0 Å². The van der Waals surface area contributed by atoms with Gasteiger partial charge < -0.3 is 5.32 Å². The molecule has 0 saturated heterocycles. The molecule has 3 atom stereocenters. The summed E-state index contributed by atoms with van der Waals surface area (Å²) < 4.78 is 13.2. The van der Waals surface area contributed by atoms with Crippen molar-refractivity contribution < 1.29 is 9.18 Å². The molecular weight excluding hydrogens is 289 g/mol. The Hall–Kier alpha value is -2.42. The average Bonchev–Trinajstić information content (AvgIpc) is 3.04. The molecule has 0 aromatic heterocycles. The van der Waals surface area contributed by atoms with Gasteiger partial charge in [-0.15, -0.1) is 0 Å². The molecule has 2 aromatic carbocycles. The Morgan fingerprint density at radius 1 is 1.17 bits per heavy atom. The first kappa shape index (κ1) is 14.2. The lowest BCUT2D eigenvalue weighted by Crippen LogP contribution is -2.29. The van der Waals surface area contributed by atoms with Crippen molar-refractivity contribution in [2.24, 2.45) is 5.92 Å². The molecule has 4 rings (SSSR count). The number of ketones is 1. The molecule has 1 aliphatic heterocycles. The first-order valence-electron chi connectivity index (χ1n) is 7.97. The van der Waals surface area contributed by atoms with Crippen LogP contribution in [0.5, 0.6) is 0 Å². The zero-order chi connectivity index (χ0) is 16.0. The Morgan fingerprint density at radius 2 is 1.96 bits per heavy atom. The monoisotopic (exact) mass is 307 g/mol. The van der Waals surface area contributed by atoms with Crippen LogP contribution < -0.4 is 5.32 Å². The maximum absolute atomic E-state index is 13.2. The van der Waals surface area contributed by atoms with Crippen molar-refractivity contribution in [2.45, 2.75) is 25.3 Å². The second-order valence-electron chi connectivity index (χ2n) is 6.39. The van der Waals surface area contributed by atoms with Gasteiger partial charge in [-0.1, -0.05) is 24.3 Å². The van der Waals surface area contributed by atoms with Crippen LogP contribution in [0, 0.1) is 11.7 Å². The molecule has 1 heterocycles. The van der Waals surface area contributed by atoms with E-state index in [9.17, 15) is 9.18 Å². The molecule has 0 spiro atoms. The number of hydrogen-bond donors (Lipinski definition) is 1. The Labute approximate surface area is 135 Å². The highest BCUT2D eigenvalue weighted by Crippen LogP contribution is 2.49. The molecule has 0 amide bonds. The van der Waals surface area contributed by atoms with Crippen LogP contribution in [0.2, 0.25) is 0 Å². The van der Waals surface area contributed by atoms with Gasteiger partial charge in [-0.05, 0) is 60.7 Å². The molecule has 1 aliphatic carbocycles. The van der Waals surface area contributed by atoms with Crippen molar-refractivity contribution in [3.05, 3.63) is 77.1 Å². The quantitative estimate of drug-likeness (QED) is 0.634. The van der Waals surface area contributed by atoms with E-state index in [1.54, 1.807) is 6.92 Å². The fourth-order valence-electron chi connectivity index (χ4n) is 3.81. The van der Waals surface area contributed by atoms with Crippen molar-refractivity contribution in [1.82, 2.24) is 0 Å². The van der Waals surface area contributed by atoms with Gasteiger partial charge in [-0.3, -0.25) is 4.79 Å². The van der Waals surface area contributed by atoms with Crippen LogP contribution in [0.3, 0.4) is 0 Å². The molecule has 2 aromatic rings. The number of Topliss-reactive ketones (excluding diaryl/α,β-unsaturated/α-hetero) is 1. The largest absolute Gasteiger partial charge is 0.378 e. The third-order valence-electron chi connectivity index (χ3n) is 5.00. The Bertz CT molecular complexity index is 794. The van der Waals surface area contributed by atoms with E-state index in [4.69, 9.17) is 0 Å². The highest BCUT2D eigenvalue weighted by Gasteiger charge is 2.37. The van der Waals surface area contributed by atoms with Gasteiger partial charge in [0.15, 0.2) is 5.78 Å². The van der Waals surface area contributed by atoms with Crippen molar-refractivity contribution in [2.75, 3.05) is 5.32 Å². The van der Waals surface area contributed by atoms with E-state index in [-0.39, 0.29) is 17.6 Å². The van der Waals surface area contributed by atoms with E-state index >= 15 is 0 Å². The number of rotatable bonds is 2. The van der Waals surface area contributed by atoms with Crippen LogP contribution in [0.15, 0.2) is 54.6 Å². The van der Waals surface area contributed by atoms with Crippen molar-refractivity contribution in [3.8, 4) is 0 Å². The molecule has 0 unspecified atom stereocenters. The second-order valence-corrected chi connectivity index (χ2v) is 6.39. The first-order chi connectivity index (χ1) is 11.1. The lowest BCUT2D eigenvalue weighted by Gasteiger charge is -2.37. The first-order valence-corrected chi connectivity index (χ1v) is 7.97. The van der Waals surface area contributed by atoms with E-state index in [1.165, 1.54) is 17.7 Å². The summed E-state index contributed by atoms with van der Waals surface area (Å²) in [5, 5.41) is 3.60. The van der Waals surface area contributed by atoms with Gasteiger partial charge in [-0.25, -0.2) is 4.39 Å². The zero-order valence-corrected chi connectivity index (χ0v) is 12.9. The number of fused-ring (bicyclic) bond motifs is 3. The summed E-state index contributed by atoms with van der Waals surface area (Å²) in [7, 11) is 0. The van der Waals surface area contributed by atoms with Crippen LogP contribution in [0.1, 0.15) is 46.8 Å². The Morgan fingerprint density at radius 3 is 2.70 bits per heavy atom. The summed E-state index contributed by atoms with van der Waals surface area (Å²) in [6.07, 6.45) is 5.44. The van der Waals surface area contributed by atoms with Crippen molar-refractivity contribution in [1.29, 1.82) is 0 Å². The van der Waals surface area contributed by atoms with E-state index in [2.05, 4.69) is 17.5 Å². The SMILES string of the molecule is CC(=O)c1ccc2c(c1)[C@@H]1C=CC[C@H]1[C@@H](c1ccc(F)cc1)N2. The van der Waals surface area contributed by atoms with Gasteiger partial charge in [-0.2, -0.15) is 0 Å². The number of halogens is 1. The molecule has 0 saturated carbocycles. The highest BCUT2D eigenvalue weighted by molar-refractivity contribution is 5.95. The molecule has 116 valence electrons. The summed E-state index contributed by atoms with van der Waals surface area (Å²) in [5.41, 5.74) is 4.11. The van der Waals surface area contributed by atoms with Gasteiger partial charge in [0.1, 0.15) is 5.82 Å². The summed E-state index contributed by atoms with van der Waals surface area (Å²) in [6.45, 7) is 1.60. The molecular formula is C20H18FNO. The number of carbonyl (C=O) groups excluding carboxylic acids is 1. The average molecular weight is 307 g/mol. The van der Waals surface area contributed by atoms with E-state index in [0.717, 1.165) is 23.2 Å². The number of hydrogen-bond acceptors (Lipinski definition) is 2. The third-order valence-corrected chi connectivity index (χ3v) is 5.00. The molecule has 2 aliphatic rings. The summed E-state index contributed by atoms with van der Waals surface area (Å²) in [5.74, 6) is 0.583. The second kappa shape index (κ2) is 5.34. The maximum atomic E-state index is 13.2. The van der Waals surface area contributed by atoms with Gasteiger partial charge in [0.25, 0.3) is 0 Å². The van der Waals surface area contributed by atoms with E-state index in [0.29, 0.717) is 11.8 Å². The van der Waals surface area contributed by atoms with Gasteiger partial charge in [0, 0.05) is 17.2 Å². The fraction of sp³-hybridized carbons (Fsp3) is 0.250. The standard InChI is InChI=1S/C20H18FNO/c1-12(23)14-7-10-19-18(11-14)16-3-2-4-17(16)20(22-19)13-5-8-15(21)9-6-13/h2-3,5-11,16-17,20,22H,4H2,1H3/t16-,17-,20-/m1/s1. The predicted molar refractivity (Wildman–Crippen MR) is 89.2 cm³/mol. The Kier molecular flexibility index (Phi) is 3.29. The smallest absolute Gasteiger partial charge is 0.159 e. The zero-order valence-electron chi connectivity index (χ0n) is 12.9. The summed E-state index contributed by atoms with van der Waals surface area (Å²) in [6, 6.07) is 12.8. The molecule has 0 bridgehead atoms. The fourth-order valence-corrected chi connectivity index (χ4v) is 3.81. The topological polar surface area (TPSA) is 29.1 Å². The summed E-state index contributed by atoms with van der Waals surface area (Å²) >= 11 is 0. The molecule has 3 heteroatoms. The lowest BCUT2D eigenvalue weighted by molar-refractivity contribution is 0.101. The molecule has 23 heavy (non-hydrogen) atoms. The van der Waals surface area contributed by atoms with E-state index < -0.39 is 0 Å². The van der Waals surface area contributed by atoms with Crippen LogP contribution >= 0.6 is 0 Å². The normalized spacial score (nSPS) is 24.7. The molecule has 0 fully saturated rings. The molecule has 2 nitrogen and oxygen atoms in total. The van der Waals surface area contributed by atoms with Crippen LogP contribution in [-0.2, 0) is 0 Å². The lowest BCUT2D eigenvalue weighted by atomic mass is 9.76. The van der Waals surface area contributed by atoms with Crippen LogP contribution in [0.4, 0.5) is 10.1 Å². The molecule has 1 N–H and O–H groups in total.